The summed E-state index contributed by atoms with van der Waals surface area (Å²) in [6.45, 7) is 0. The van der Waals surface area contributed by atoms with E-state index in [0.29, 0.717) is 18.4 Å². The van der Waals surface area contributed by atoms with Crippen LogP contribution in [0.15, 0.2) is 41.2 Å². The van der Waals surface area contributed by atoms with Gasteiger partial charge in [-0.1, -0.05) is 23.7 Å². The molecular formula is C19H16ClF3N2O3. The lowest BCUT2D eigenvalue weighted by Crippen LogP contribution is -2.23. The number of carbonyl (C=O) groups is 1. The minimum atomic E-state index is -4.62. The van der Waals surface area contributed by atoms with Gasteiger partial charge in [-0.25, -0.2) is 0 Å². The van der Waals surface area contributed by atoms with Crippen molar-refractivity contribution in [2.75, 3.05) is 7.11 Å². The summed E-state index contributed by atoms with van der Waals surface area (Å²) >= 11 is 5.76. The van der Waals surface area contributed by atoms with Crippen LogP contribution in [0.4, 0.5) is 13.2 Å². The van der Waals surface area contributed by atoms with Gasteiger partial charge in [-0.2, -0.15) is 13.2 Å². The van der Waals surface area contributed by atoms with E-state index < -0.39 is 17.3 Å². The second kappa shape index (κ2) is 7.71. The molecule has 2 aromatic rings. The third kappa shape index (κ3) is 4.22. The summed E-state index contributed by atoms with van der Waals surface area (Å²) in [5.41, 5.74) is -0.662. The van der Waals surface area contributed by atoms with Gasteiger partial charge in [0.25, 0.3) is 5.56 Å². The van der Waals surface area contributed by atoms with Gasteiger partial charge in [0.1, 0.15) is 10.8 Å². The second-order valence-electron chi connectivity index (χ2n) is 6.25. The number of alkyl halides is 3. The van der Waals surface area contributed by atoms with Gasteiger partial charge in [-0.05, 0) is 36.2 Å². The highest BCUT2D eigenvalue weighted by molar-refractivity contribution is 6.30. The van der Waals surface area contributed by atoms with Gasteiger partial charge < -0.3 is 15.0 Å². The fraction of sp³-hybridized carbons (Fsp3) is 0.263. The molecule has 1 aromatic heterocycles. The van der Waals surface area contributed by atoms with E-state index in [2.05, 4.69) is 10.3 Å². The number of halogens is 4. The second-order valence-corrected chi connectivity index (χ2v) is 6.66. The Hall–Kier alpha value is -2.74. The van der Waals surface area contributed by atoms with Crippen molar-refractivity contribution in [1.82, 2.24) is 10.3 Å². The minimum Gasteiger partial charge on any atom is -0.496 e. The first kappa shape index (κ1) is 20.0. The molecule has 3 rings (SSSR count). The predicted molar refractivity (Wildman–Crippen MR) is 98.3 cm³/mol. The van der Waals surface area contributed by atoms with E-state index in [4.69, 9.17) is 16.3 Å². The van der Waals surface area contributed by atoms with E-state index in [1.807, 2.05) is 0 Å². The molecule has 0 spiro atoms. The van der Waals surface area contributed by atoms with E-state index in [1.165, 1.54) is 24.3 Å². The van der Waals surface area contributed by atoms with Crippen molar-refractivity contribution >= 4 is 23.1 Å². The molecule has 148 valence electrons. The quantitative estimate of drug-likeness (QED) is 0.803. The van der Waals surface area contributed by atoms with Crippen LogP contribution in [0.1, 0.15) is 29.7 Å². The first-order valence-electron chi connectivity index (χ1n) is 8.35. The van der Waals surface area contributed by atoms with Crippen LogP contribution in [0, 0.1) is 0 Å². The molecule has 2 heterocycles. The molecule has 0 aliphatic carbocycles. The summed E-state index contributed by atoms with van der Waals surface area (Å²) in [6.07, 6.45) is -2.17. The van der Waals surface area contributed by atoms with E-state index in [0.717, 1.165) is 13.2 Å². The first-order chi connectivity index (χ1) is 13.2. The molecule has 1 saturated heterocycles. The molecule has 9 heteroatoms. The highest BCUT2D eigenvalue weighted by Crippen LogP contribution is 2.38. The average Bonchev–Trinajstić information content (AvgIpc) is 3.06. The van der Waals surface area contributed by atoms with Crippen LogP contribution in [0.2, 0.25) is 5.02 Å². The average molecular weight is 413 g/mol. The lowest BCUT2D eigenvalue weighted by Gasteiger charge is -2.16. The molecule has 1 fully saturated rings. The summed E-state index contributed by atoms with van der Waals surface area (Å²) in [5, 5.41) is 2.70. The monoisotopic (exact) mass is 412 g/mol. The Balaban J connectivity index is 2.16. The van der Waals surface area contributed by atoms with Gasteiger partial charge in [0.2, 0.25) is 5.91 Å². The van der Waals surface area contributed by atoms with E-state index in [-0.39, 0.29) is 34.0 Å². The van der Waals surface area contributed by atoms with Crippen LogP contribution in [-0.2, 0) is 11.0 Å². The summed E-state index contributed by atoms with van der Waals surface area (Å²) in [4.78, 5) is 26.0. The smallest absolute Gasteiger partial charge is 0.419 e. The van der Waals surface area contributed by atoms with Crippen molar-refractivity contribution in [2.24, 2.45) is 0 Å². The van der Waals surface area contributed by atoms with Gasteiger partial charge in [0, 0.05) is 23.7 Å². The summed E-state index contributed by atoms with van der Waals surface area (Å²) in [7, 11) is 1.16. The zero-order valence-corrected chi connectivity index (χ0v) is 15.4. The van der Waals surface area contributed by atoms with Crippen LogP contribution >= 0.6 is 11.6 Å². The highest BCUT2D eigenvalue weighted by Gasteiger charge is 2.35. The molecule has 1 aliphatic heterocycles. The Morgan fingerprint density at radius 2 is 2.00 bits per heavy atom. The van der Waals surface area contributed by atoms with Gasteiger partial charge in [0.05, 0.1) is 12.7 Å². The largest absolute Gasteiger partial charge is 0.496 e. The van der Waals surface area contributed by atoms with E-state index in [9.17, 15) is 22.8 Å². The molecule has 1 aliphatic rings. The molecule has 0 radical (unpaired) electrons. The van der Waals surface area contributed by atoms with Crippen LogP contribution in [0.25, 0.3) is 5.57 Å². The third-order valence-electron chi connectivity index (χ3n) is 4.36. The van der Waals surface area contributed by atoms with Crippen LogP contribution in [-0.4, -0.2) is 24.0 Å². The number of benzene rings is 1. The number of aromatic nitrogens is 1. The van der Waals surface area contributed by atoms with Gasteiger partial charge in [-0.15, -0.1) is 0 Å². The van der Waals surface area contributed by atoms with Crippen molar-refractivity contribution in [1.29, 1.82) is 0 Å². The van der Waals surface area contributed by atoms with Crippen molar-refractivity contribution in [3.05, 3.63) is 68.6 Å². The molecule has 1 aromatic carbocycles. The summed E-state index contributed by atoms with van der Waals surface area (Å²) in [5.74, 6) is -0.453. The number of methoxy groups -OCH3 is 1. The standard InChI is InChI=1S/C19H16ClF3N2O3/c1-28-16-6-2-10(8-13(16)19(21,22)23)12(9-11-3-7-17(26)24-11)15-5-4-14(20)18(27)25-15/h2,4-6,8-9,11H,3,7H2,1H3,(H,24,26)(H,25,27)/b12-9+/t11-/m1/s1. The number of carbonyl (C=O) groups excluding carboxylic acids is 1. The number of amides is 1. The fourth-order valence-corrected chi connectivity index (χ4v) is 3.13. The van der Waals surface area contributed by atoms with Crippen LogP contribution in [0.3, 0.4) is 0 Å². The van der Waals surface area contributed by atoms with Gasteiger partial charge in [-0.3, -0.25) is 9.59 Å². The third-order valence-corrected chi connectivity index (χ3v) is 4.66. The van der Waals surface area contributed by atoms with Crippen molar-refractivity contribution < 1.29 is 22.7 Å². The molecule has 5 nitrogen and oxygen atoms in total. The number of H-pyrrole nitrogens is 1. The number of ether oxygens (including phenoxy) is 1. The molecule has 2 N–H and O–H groups in total. The Bertz CT molecular complexity index is 999. The topological polar surface area (TPSA) is 71.2 Å². The van der Waals surface area contributed by atoms with Gasteiger partial charge in [0.15, 0.2) is 0 Å². The number of aromatic amines is 1. The molecular weight excluding hydrogens is 397 g/mol. The van der Waals surface area contributed by atoms with Crippen molar-refractivity contribution in [3.63, 3.8) is 0 Å². The number of rotatable bonds is 4. The van der Waals surface area contributed by atoms with Gasteiger partial charge >= 0.3 is 6.18 Å². The Morgan fingerprint density at radius 1 is 1.25 bits per heavy atom. The number of pyridine rings is 1. The van der Waals surface area contributed by atoms with Crippen LogP contribution in [0.5, 0.6) is 5.75 Å². The maximum absolute atomic E-state index is 13.4. The molecule has 0 saturated carbocycles. The minimum absolute atomic E-state index is 0.0389. The molecule has 28 heavy (non-hydrogen) atoms. The number of nitrogens with one attached hydrogen (secondary N) is 2. The molecule has 0 bridgehead atoms. The van der Waals surface area contributed by atoms with E-state index >= 15 is 0 Å². The maximum atomic E-state index is 13.4. The fourth-order valence-electron chi connectivity index (χ4n) is 3.02. The summed E-state index contributed by atoms with van der Waals surface area (Å²) in [6, 6.07) is 6.14. The SMILES string of the molecule is COc1ccc(/C(=C\[C@H]2CCC(=O)N2)c2ccc(Cl)c(=O)[nH]2)cc1C(F)(F)F. The molecule has 1 atom stereocenters. The highest BCUT2D eigenvalue weighted by atomic mass is 35.5. The van der Waals surface area contributed by atoms with E-state index in [1.54, 1.807) is 6.08 Å². The Kier molecular flexibility index (Phi) is 5.51. The zero-order chi connectivity index (χ0) is 20.5. The summed E-state index contributed by atoms with van der Waals surface area (Å²) < 4.78 is 45.1. The molecule has 0 unspecified atom stereocenters. The number of hydrogen-bond donors (Lipinski definition) is 2. The zero-order valence-electron chi connectivity index (χ0n) is 14.7. The van der Waals surface area contributed by atoms with Crippen molar-refractivity contribution in [2.45, 2.75) is 25.1 Å². The lowest BCUT2D eigenvalue weighted by atomic mass is 9.96. The Morgan fingerprint density at radius 3 is 2.57 bits per heavy atom. The molecule has 1 amide bonds. The first-order valence-corrected chi connectivity index (χ1v) is 8.73. The lowest BCUT2D eigenvalue weighted by molar-refractivity contribution is -0.138. The van der Waals surface area contributed by atoms with Crippen LogP contribution < -0.4 is 15.6 Å². The normalized spacial score (nSPS) is 17.5. The maximum Gasteiger partial charge on any atom is 0.419 e. The van der Waals surface area contributed by atoms with Crippen molar-refractivity contribution in [3.8, 4) is 5.75 Å². The predicted octanol–water partition coefficient (Wildman–Crippen LogP) is 3.77. The Labute approximate surface area is 163 Å². The number of hydrogen-bond acceptors (Lipinski definition) is 3.